The lowest BCUT2D eigenvalue weighted by Gasteiger charge is -2.13. The summed E-state index contributed by atoms with van der Waals surface area (Å²) >= 11 is 0. The van der Waals surface area contributed by atoms with Gasteiger partial charge in [0.25, 0.3) is 0 Å². The zero-order valence-electron chi connectivity index (χ0n) is 11.3. The van der Waals surface area contributed by atoms with Gasteiger partial charge in [-0.1, -0.05) is 26.7 Å². The molecule has 4 nitrogen and oxygen atoms in total. The van der Waals surface area contributed by atoms with Crippen molar-refractivity contribution in [3.8, 4) is 0 Å². The lowest BCUT2D eigenvalue weighted by atomic mass is 10.1. The van der Waals surface area contributed by atoms with Crippen LogP contribution >= 0.6 is 0 Å². The molecule has 0 fully saturated rings. The minimum Gasteiger partial charge on any atom is -0.327 e. The standard InChI is InChI=1S/C14H22N4/c1-3-5-6-11(15)14-17-12-10-16-8-7-13(12)18(14)9-4-2/h7-8,10-11H,3-6,9,15H2,1-2H3. The summed E-state index contributed by atoms with van der Waals surface area (Å²) < 4.78 is 2.25. The maximum absolute atomic E-state index is 6.27. The van der Waals surface area contributed by atoms with Gasteiger partial charge in [0.1, 0.15) is 11.3 Å². The summed E-state index contributed by atoms with van der Waals surface area (Å²) in [5.41, 5.74) is 8.37. The number of rotatable bonds is 6. The Morgan fingerprint density at radius 1 is 1.33 bits per heavy atom. The van der Waals surface area contributed by atoms with E-state index in [4.69, 9.17) is 5.73 Å². The highest BCUT2D eigenvalue weighted by molar-refractivity contribution is 5.74. The van der Waals surface area contributed by atoms with E-state index in [1.54, 1.807) is 0 Å². The fourth-order valence-electron chi connectivity index (χ4n) is 2.30. The predicted octanol–water partition coefficient (Wildman–Crippen LogP) is 3.03. The van der Waals surface area contributed by atoms with Gasteiger partial charge in [0.15, 0.2) is 0 Å². The first-order valence-corrected chi connectivity index (χ1v) is 6.83. The van der Waals surface area contributed by atoms with Crippen molar-refractivity contribution in [3.63, 3.8) is 0 Å². The SMILES string of the molecule is CCCCC(N)c1nc2cnccc2n1CCC. The molecule has 2 aromatic rings. The Balaban J connectivity index is 2.38. The number of fused-ring (bicyclic) bond motifs is 1. The minimum absolute atomic E-state index is 0.0314. The van der Waals surface area contributed by atoms with E-state index in [2.05, 4.69) is 28.4 Å². The van der Waals surface area contributed by atoms with E-state index in [0.717, 1.165) is 42.7 Å². The Kier molecular flexibility index (Phi) is 4.31. The number of hydrogen-bond donors (Lipinski definition) is 1. The molecule has 0 saturated carbocycles. The van der Waals surface area contributed by atoms with Crippen molar-refractivity contribution in [2.45, 2.75) is 52.1 Å². The van der Waals surface area contributed by atoms with Crippen molar-refractivity contribution < 1.29 is 0 Å². The summed E-state index contributed by atoms with van der Waals surface area (Å²) in [6.45, 7) is 5.33. The van der Waals surface area contributed by atoms with Gasteiger partial charge in [-0.25, -0.2) is 4.98 Å². The van der Waals surface area contributed by atoms with Crippen molar-refractivity contribution in [3.05, 3.63) is 24.3 Å². The van der Waals surface area contributed by atoms with Gasteiger partial charge in [0.2, 0.25) is 0 Å². The van der Waals surface area contributed by atoms with Crippen molar-refractivity contribution in [2.24, 2.45) is 5.73 Å². The van der Waals surface area contributed by atoms with Crippen LogP contribution in [0.1, 0.15) is 51.4 Å². The summed E-state index contributed by atoms with van der Waals surface area (Å²) in [4.78, 5) is 8.79. The minimum atomic E-state index is 0.0314. The topological polar surface area (TPSA) is 56.7 Å². The third kappa shape index (κ3) is 2.53. The van der Waals surface area contributed by atoms with Crippen molar-refractivity contribution in [1.82, 2.24) is 14.5 Å². The Morgan fingerprint density at radius 2 is 2.17 bits per heavy atom. The Bertz CT molecular complexity index is 503. The number of aromatic nitrogens is 3. The van der Waals surface area contributed by atoms with Crippen molar-refractivity contribution in [1.29, 1.82) is 0 Å². The predicted molar refractivity (Wildman–Crippen MR) is 74.3 cm³/mol. The van der Waals surface area contributed by atoms with Crippen LogP contribution in [-0.4, -0.2) is 14.5 Å². The number of nitrogens with zero attached hydrogens (tertiary/aromatic N) is 3. The van der Waals surface area contributed by atoms with E-state index < -0.39 is 0 Å². The highest BCUT2D eigenvalue weighted by atomic mass is 15.1. The van der Waals surface area contributed by atoms with E-state index in [9.17, 15) is 0 Å². The number of hydrogen-bond acceptors (Lipinski definition) is 3. The molecular formula is C14H22N4. The Morgan fingerprint density at radius 3 is 2.89 bits per heavy atom. The van der Waals surface area contributed by atoms with Gasteiger partial charge in [-0.3, -0.25) is 4.98 Å². The van der Waals surface area contributed by atoms with Crippen molar-refractivity contribution >= 4 is 11.0 Å². The second-order valence-corrected chi connectivity index (χ2v) is 4.73. The fourth-order valence-corrected chi connectivity index (χ4v) is 2.30. The molecule has 0 amide bonds. The van der Waals surface area contributed by atoms with E-state index >= 15 is 0 Å². The molecule has 0 aliphatic rings. The summed E-state index contributed by atoms with van der Waals surface area (Å²) in [6.07, 6.45) is 8.03. The highest BCUT2D eigenvalue weighted by Crippen LogP contribution is 2.22. The molecule has 2 heterocycles. The molecule has 0 saturated heterocycles. The largest absolute Gasteiger partial charge is 0.327 e. The van der Waals surface area contributed by atoms with Crippen LogP contribution in [-0.2, 0) is 6.54 Å². The number of imidazole rings is 1. The zero-order valence-corrected chi connectivity index (χ0v) is 11.3. The van der Waals surface area contributed by atoms with Crippen LogP contribution in [0.15, 0.2) is 18.5 Å². The van der Waals surface area contributed by atoms with Crippen LogP contribution in [0.4, 0.5) is 0 Å². The van der Waals surface area contributed by atoms with E-state index in [-0.39, 0.29) is 6.04 Å². The fraction of sp³-hybridized carbons (Fsp3) is 0.571. The second kappa shape index (κ2) is 5.96. The van der Waals surface area contributed by atoms with Gasteiger partial charge in [0, 0.05) is 12.7 Å². The average Bonchev–Trinajstić information content (AvgIpc) is 2.76. The monoisotopic (exact) mass is 246 g/mol. The second-order valence-electron chi connectivity index (χ2n) is 4.73. The number of pyridine rings is 1. The van der Waals surface area contributed by atoms with E-state index in [1.165, 1.54) is 6.42 Å². The smallest absolute Gasteiger partial charge is 0.126 e. The van der Waals surface area contributed by atoms with Crippen molar-refractivity contribution in [2.75, 3.05) is 0 Å². The third-order valence-electron chi connectivity index (χ3n) is 3.23. The van der Waals surface area contributed by atoms with Gasteiger partial charge in [-0.2, -0.15) is 0 Å². The highest BCUT2D eigenvalue weighted by Gasteiger charge is 2.16. The van der Waals surface area contributed by atoms with Crippen LogP contribution in [0.25, 0.3) is 11.0 Å². The van der Waals surface area contributed by atoms with Crippen LogP contribution in [0.2, 0.25) is 0 Å². The van der Waals surface area contributed by atoms with E-state index in [1.807, 2.05) is 18.5 Å². The van der Waals surface area contributed by atoms with Crippen LogP contribution in [0.5, 0.6) is 0 Å². The Labute approximate surface area is 108 Å². The molecule has 0 aromatic carbocycles. The third-order valence-corrected chi connectivity index (χ3v) is 3.23. The maximum atomic E-state index is 6.27. The summed E-state index contributed by atoms with van der Waals surface area (Å²) in [6, 6.07) is 2.05. The summed E-state index contributed by atoms with van der Waals surface area (Å²) in [5.74, 6) is 1.01. The summed E-state index contributed by atoms with van der Waals surface area (Å²) in [5, 5.41) is 0. The van der Waals surface area contributed by atoms with Gasteiger partial charge >= 0.3 is 0 Å². The number of nitrogens with two attached hydrogens (primary N) is 1. The molecule has 4 heteroatoms. The number of unbranched alkanes of at least 4 members (excludes halogenated alkanes) is 1. The first-order chi connectivity index (χ1) is 8.77. The summed E-state index contributed by atoms with van der Waals surface area (Å²) in [7, 11) is 0. The first-order valence-electron chi connectivity index (χ1n) is 6.83. The van der Waals surface area contributed by atoms with E-state index in [0.29, 0.717) is 0 Å². The molecule has 2 rings (SSSR count). The first kappa shape index (κ1) is 13.0. The quantitative estimate of drug-likeness (QED) is 0.852. The molecule has 0 aliphatic carbocycles. The van der Waals surface area contributed by atoms with Gasteiger partial charge in [0.05, 0.1) is 17.8 Å². The molecule has 0 bridgehead atoms. The molecule has 0 aliphatic heterocycles. The Hall–Kier alpha value is -1.42. The number of aryl methyl sites for hydroxylation is 1. The van der Waals surface area contributed by atoms with Crippen LogP contribution in [0.3, 0.4) is 0 Å². The maximum Gasteiger partial charge on any atom is 0.126 e. The molecule has 98 valence electrons. The molecule has 1 unspecified atom stereocenters. The molecule has 0 radical (unpaired) electrons. The lowest BCUT2D eigenvalue weighted by Crippen LogP contribution is -2.16. The normalized spacial score (nSPS) is 13.1. The van der Waals surface area contributed by atoms with Gasteiger partial charge in [-0.15, -0.1) is 0 Å². The molecule has 0 spiro atoms. The molecule has 2 N–H and O–H groups in total. The molecule has 2 aromatic heterocycles. The molecular weight excluding hydrogens is 224 g/mol. The zero-order chi connectivity index (χ0) is 13.0. The van der Waals surface area contributed by atoms with Gasteiger partial charge in [-0.05, 0) is 18.9 Å². The average molecular weight is 246 g/mol. The van der Waals surface area contributed by atoms with Gasteiger partial charge < -0.3 is 10.3 Å². The lowest BCUT2D eigenvalue weighted by molar-refractivity contribution is 0.536. The molecule has 1 atom stereocenters. The van der Waals surface area contributed by atoms with Crippen LogP contribution in [0, 0.1) is 0 Å². The van der Waals surface area contributed by atoms with Crippen LogP contribution < -0.4 is 5.73 Å². The molecule has 18 heavy (non-hydrogen) atoms.